The lowest BCUT2D eigenvalue weighted by Crippen LogP contribution is -2.23. The summed E-state index contributed by atoms with van der Waals surface area (Å²) in [6, 6.07) is 13.1. The molecule has 0 radical (unpaired) electrons. The molecule has 2 aromatic rings. The highest BCUT2D eigenvalue weighted by Crippen LogP contribution is 2.31. The van der Waals surface area contributed by atoms with E-state index in [1.165, 1.54) is 0 Å². The van der Waals surface area contributed by atoms with E-state index in [1.54, 1.807) is 18.2 Å². The number of ether oxygens (including phenoxy) is 2. The first-order valence-corrected chi connectivity index (χ1v) is 8.37. The first kappa shape index (κ1) is 17.0. The first-order chi connectivity index (χ1) is 12.1. The molecule has 25 heavy (non-hydrogen) atoms. The van der Waals surface area contributed by atoms with Gasteiger partial charge in [0, 0.05) is 24.9 Å². The van der Waals surface area contributed by atoms with Crippen LogP contribution in [0.3, 0.4) is 0 Å². The number of carbonyl (C=O) groups is 2. The molecule has 0 aliphatic carbocycles. The van der Waals surface area contributed by atoms with Gasteiger partial charge in [-0.3, -0.25) is 9.59 Å². The van der Waals surface area contributed by atoms with Gasteiger partial charge in [0.05, 0.1) is 0 Å². The Morgan fingerprint density at radius 3 is 2.60 bits per heavy atom. The van der Waals surface area contributed by atoms with Crippen LogP contribution >= 0.6 is 0 Å². The molecule has 3 rings (SSSR count). The average molecular weight is 339 g/mol. The van der Waals surface area contributed by atoms with Gasteiger partial charge in [-0.2, -0.15) is 0 Å². The maximum absolute atomic E-state index is 12.3. The molecule has 130 valence electrons. The Morgan fingerprint density at radius 2 is 1.80 bits per heavy atom. The molecule has 0 bridgehead atoms. The second-order valence-corrected chi connectivity index (χ2v) is 6.05. The van der Waals surface area contributed by atoms with Gasteiger partial charge < -0.3 is 14.8 Å². The maximum atomic E-state index is 12.3. The minimum Gasteiger partial charge on any atom is -0.486 e. The molecular formula is C20H21NO4. The lowest BCUT2D eigenvalue weighted by Gasteiger charge is -2.18. The van der Waals surface area contributed by atoms with Crippen molar-refractivity contribution in [2.75, 3.05) is 13.2 Å². The van der Waals surface area contributed by atoms with Crippen LogP contribution in [0, 0.1) is 6.92 Å². The highest BCUT2D eigenvalue weighted by atomic mass is 16.6. The van der Waals surface area contributed by atoms with Gasteiger partial charge in [-0.25, -0.2) is 0 Å². The smallest absolute Gasteiger partial charge is 0.220 e. The van der Waals surface area contributed by atoms with Crippen molar-refractivity contribution in [2.24, 2.45) is 0 Å². The van der Waals surface area contributed by atoms with Gasteiger partial charge in [-0.15, -0.1) is 0 Å². The number of hydrogen-bond donors (Lipinski definition) is 1. The highest BCUT2D eigenvalue weighted by molar-refractivity contribution is 5.98. The Hall–Kier alpha value is -2.82. The molecule has 0 aromatic heterocycles. The zero-order chi connectivity index (χ0) is 17.6. The number of Topliss-reactive ketones (excluding diaryl/α,β-unsaturated/α-hetero) is 1. The van der Waals surface area contributed by atoms with E-state index in [1.807, 2.05) is 31.2 Å². The number of aryl methyl sites for hydroxylation is 1. The number of amides is 1. The van der Waals surface area contributed by atoms with Crippen LogP contribution in [0.2, 0.25) is 0 Å². The van der Waals surface area contributed by atoms with Gasteiger partial charge >= 0.3 is 0 Å². The summed E-state index contributed by atoms with van der Waals surface area (Å²) < 4.78 is 10.9. The molecule has 1 N–H and O–H groups in total. The SMILES string of the molecule is Cc1cccc(CNC(=O)CCC(=O)c2ccc3c(c2)OCCO3)c1. The normalized spacial score (nSPS) is 12.5. The minimum atomic E-state index is -0.132. The van der Waals surface area contributed by atoms with Crippen LogP contribution in [0.4, 0.5) is 0 Å². The van der Waals surface area contributed by atoms with Gasteiger partial charge in [0.2, 0.25) is 5.91 Å². The second-order valence-electron chi connectivity index (χ2n) is 6.05. The molecule has 0 unspecified atom stereocenters. The van der Waals surface area contributed by atoms with Crippen molar-refractivity contribution >= 4 is 11.7 Å². The summed E-state index contributed by atoms with van der Waals surface area (Å²) in [6.45, 7) is 3.48. The van der Waals surface area contributed by atoms with E-state index in [0.717, 1.165) is 11.1 Å². The van der Waals surface area contributed by atoms with Gasteiger partial charge in [0.15, 0.2) is 17.3 Å². The van der Waals surface area contributed by atoms with Crippen LogP contribution < -0.4 is 14.8 Å². The topological polar surface area (TPSA) is 64.6 Å². The predicted molar refractivity (Wildman–Crippen MR) is 94.0 cm³/mol. The Labute approximate surface area is 147 Å². The van der Waals surface area contributed by atoms with Crippen molar-refractivity contribution in [3.63, 3.8) is 0 Å². The standard InChI is InChI=1S/C20H21NO4/c1-14-3-2-4-15(11-14)13-21-20(23)8-6-17(22)16-5-7-18-19(12-16)25-10-9-24-18/h2-5,7,11-12H,6,8-10,13H2,1H3,(H,21,23). The molecule has 1 heterocycles. The van der Waals surface area contributed by atoms with Crippen molar-refractivity contribution < 1.29 is 19.1 Å². The Kier molecular flexibility index (Phi) is 5.33. The van der Waals surface area contributed by atoms with Crippen molar-refractivity contribution in [3.05, 3.63) is 59.2 Å². The molecule has 1 aliphatic rings. The largest absolute Gasteiger partial charge is 0.486 e. The molecule has 0 saturated heterocycles. The summed E-state index contributed by atoms with van der Waals surface area (Å²) in [5, 5.41) is 2.85. The summed E-state index contributed by atoms with van der Waals surface area (Å²) >= 11 is 0. The van der Waals surface area contributed by atoms with Gasteiger partial charge in [0.25, 0.3) is 0 Å². The zero-order valence-electron chi connectivity index (χ0n) is 14.2. The van der Waals surface area contributed by atoms with E-state index in [9.17, 15) is 9.59 Å². The molecule has 1 amide bonds. The molecular weight excluding hydrogens is 318 g/mol. The number of carbonyl (C=O) groups excluding carboxylic acids is 2. The van der Waals surface area contributed by atoms with Crippen molar-refractivity contribution in [1.29, 1.82) is 0 Å². The average Bonchev–Trinajstić information content (AvgIpc) is 2.64. The van der Waals surface area contributed by atoms with Gasteiger partial charge in [-0.1, -0.05) is 29.8 Å². The molecule has 2 aromatic carbocycles. The lowest BCUT2D eigenvalue weighted by molar-refractivity contribution is -0.121. The fourth-order valence-electron chi connectivity index (χ4n) is 2.70. The Balaban J connectivity index is 1.49. The van der Waals surface area contributed by atoms with Crippen LogP contribution in [-0.2, 0) is 11.3 Å². The first-order valence-electron chi connectivity index (χ1n) is 8.37. The third-order valence-electron chi connectivity index (χ3n) is 4.02. The molecule has 0 saturated carbocycles. The molecule has 0 spiro atoms. The number of hydrogen-bond acceptors (Lipinski definition) is 4. The Morgan fingerprint density at radius 1 is 1.00 bits per heavy atom. The summed E-state index contributed by atoms with van der Waals surface area (Å²) in [7, 11) is 0. The summed E-state index contributed by atoms with van der Waals surface area (Å²) in [5.74, 6) is 1.02. The van der Waals surface area contributed by atoms with E-state index in [0.29, 0.717) is 36.8 Å². The van der Waals surface area contributed by atoms with E-state index in [4.69, 9.17) is 9.47 Å². The molecule has 5 heteroatoms. The van der Waals surface area contributed by atoms with Crippen LogP contribution in [-0.4, -0.2) is 24.9 Å². The molecule has 0 atom stereocenters. The lowest BCUT2D eigenvalue weighted by atomic mass is 10.1. The quantitative estimate of drug-likeness (QED) is 0.822. The Bertz CT molecular complexity index is 785. The van der Waals surface area contributed by atoms with Crippen LogP contribution in [0.15, 0.2) is 42.5 Å². The van der Waals surface area contributed by atoms with Gasteiger partial charge in [-0.05, 0) is 30.7 Å². The number of rotatable bonds is 6. The van der Waals surface area contributed by atoms with Gasteiger partial charge in [0.1, 0.15) is 13.2 Å². The predicted octanol–water partition coefficient (Wildman–Crippen LogP) is 3.05. The summed E-state index contributed by atoms with van der Waals surface area (Å²) in [4.78, 5) is 24.2. The van der Waals surface area contributed by atoms with Crippen LogP contribution in [0.1, 0.15) is 34.3 Å². The van der Waals surface area contributed by atoms with E-state index in [-0.39, 0.29) is 24.5 Å². The highest BCUT2D eigenvalue weighted by Gasteiger charge is 2.15. The molecule has 5 nitrogen and oxygen atoms in total. The number of fused-ring (bicyclic) bond motifs is 1. The summed E-state index contributed by atoms with van der Waals surface area (Å²) in [5.41, 5.74) is 2.74. The number of nitrogens with one attached hydrogen (secondary N) is 1. The molecule has 1 aliphatic heterocycles. The monoisotopic (exact) mass is 339 g/mol. The molecule has 0 fully saturated rings. The van der Waals surface area contributed by atoms with Crippen molar-refractivity contribution in [2.45, 2.75) is 26.3 Å². The van der Waals surface area contributed by atoms with E-state index < -0.39 is 0 Å². The third kappa shape index (κ3) is 4.59. The van der Waals surface area contributed by atoms with E-state index in [2.05, 4.69) is 5.32 Å². The maximum Gasteiger partial charge on any atom is 0.220 e. The van der Waals surface area contributed by atoms with Crippen LogP contribution in [0.5, 0.6) is 11.5 Å². The van der Waals surface area contributed by atoms with Crippen molar-refractivity contribution in [1.82, 2.24) is 5.32 Å². The fraction of sp³-hybridized carbons (Fsp3) is 0.300. The fourth-order valence-corrected chi connectivity index (χ4v) is 2.70. The third-order valence-corrected chi connectivity index (χ3v) is 4.02. The van der Waals surface area contributed by atoms with E-state index >= 15 is 0 Å². The number of benzene rings is 2. The van der Waals surface area contributed by atoms with Crippen LogP contribution in [0.25, 0.3) is 0 Å². The summed E-state index contributed by atoms with van der Waals surface area (Å²) in [6.07, 6.45) is 0.332. The second kappa shape index (κ2) is 7.83. The van der Waals surface area contributed by atoms with Crippen molar-refractivity contribution in [3.8, 4) is 11.5 Å². The zero-order valence-corrected chi connectivity index (χ0v) is 14.2. The minimum absolute atomic E-state index is 0.0809. The number of ketones is 1.